The van der Waals surface area contributed by atoms with E-state index in [2.05, 4.69) is 11.4 Å². The van der Waals surface area contributed by atoms with Crippen molar-refractivity contribution in [2.75, 3.05) is 6.61 Å². The number of hydrogen-bond donors (Lipinski definition) is 2. The Morgan fingerprint density at radius 1 is 1.33 bits per heavy atom. The van der Waals surface area contributed by atoms with Crippen LogP contribution in [-0.4, -0.2) is 16.4 Å². The zero-order chi connectivity index (χ0) is 11.7. The molecule has 0 heterocycles. The Bertz CT molecular complexity index is 232. The zero-order valence-electron chi connectivity index (χ0n) is 9.48. The Hall–Kier alpha value is -0.150. The van der Waals surface area contributed by atoms with Gasteiger partial charge in [0.1, 0.15) is 0 Å². The number of phosphoric ester groups is 1. The third-order valence-corrected chi connectivity index (χ3v) is 2.58. The van der Waals surface area contributed by atoms with Crippen LogP contribution in [0.5, 0.6) is 0 Å². The minimum atomic E-state index is -4.30. The predicted octanol–water partition coefficient (Wildman–Crippen LogP) is 3.01. The standard InChI is InChI=1S/C10H21O4P/c1-3-4-5-6-7-10(2)8-9-14-15(11,12)13/h8H,3-7,9H2,1-2H3,(H2,11,12,13). The molecule has 0 aliphatic heterocycles. The zero-order valence-corrected chi connectivity index (χ0v) is 10.4. The molecule has 0 spiro atoms. The summed E-state index contributed by atoms with van der Waals surface area (Å²) in [6.45, 7) is 4.11. The fourth-order valence-corrected chi connectivity index (χ4v) is 1.48. The van der Waals surface area contributed by atoms with Gasteiger partial charge in [0.25, 0.3) is 0 Å². The lowest BCUT2D eigenvalue weighted by molar-refractivity contribution is 0.215. The summed E-state index contributed by atoms with van der Waals surface area (Å²) >= 11 is 0. The molecule has 0 aromatic carbocycles. The maximum Gasteiger partial charge on any atom is 0.469 e. The van der Waals surface area contributed by atoms with E-state index in [1.165, 1.54) is 19.3 Å². The number of unbranched alkanes of at least 4 members (excludes halogenated alkanes) is 3. The monoisotopic (exact) mass is 236 g/mol. The lowest BCUT2D eigenvalue weighted by Gasteiger charge is -2.03. The highest BCUT2D eigenvalue weighted by Crippen LogP contribution is 2.35. The maximum atomic E-state index is 10.4. The second kappa shape index (κ2) is 8.05. The molecule has 2 N–H and O–H groups in total. The van der Waals surface area contributed by atoms with Crippen LogP contribution in [-0.2, 0) is 9.09 Å². The molecule has 0 bridgehead atoms. The van der Waals surface area contributed by atoms with E-state index < -0.39 is 7.82 Å². The van der Waals surface area contributed by atoms with Gasteiger partial charge in [0.2, 0.25) is 0 Å². The molecular formula is C10H21O4P. The van der Waals surface area contributed by atoms with E-state index in [0.29, 0.717) is 0 Å². The first-order chi connectivity index (χ1) is 6.95. The van der Waals surface area contributed by atoms with E-state index in [1.54, 1.807) is 6.08 Å². The summed E-state index contributed by atoms with van der Waals surface area (Å²) in [5.41, 5.74) is 1.12. The number of allylic oxidation sites excluding steroid dienone is 1. The van der Waals surface area contributed by atoms with Crippen molar-refractivity contribution in [1.82, 2.24) is 0 Å². The van der Waals surface area contributed by atoms with Gasteiger partial charge in [-0.1, -0.05) is 37.8 Å². The summed E-state index contributed by atoms with van der Waals surface area (Å²) in [6, 6.07) is 0. The van der Waals surface area contributed by atoms with Crippen molar-refractivity contribution in [2.24, 2.45) is 0 Å². The smallest absolute Gasteiger partial charge is 0.303 e. The van der Waals surface area contributed by atoms with Crippen molar-refractivity contribution in [3.8, 4) is 0 Å². The molecule has 0 atom stereocenters. The van der Waals surface area contributed by atoms with Gasteiger partial charge in [0.15, 0.2) is 0 Å². The van der Waals surface area contributed by atoms with Gasteiger partial charge in [0, 0.05) is 0 Å². The topological polar surface area (TPSA) is 66.8 Å². The van der Waals surface area contributed by atoms with Crippen LogP contribution in [0.3, 0.4) is 0 Å². The molecule has 15 heavy (non-hydrogen) atoms. The predicted molar refractivity (Wildman–Crippen MR) is 60.5 cm³/mol. The van der Waals surface area contributed by atoms with E-state index in [9.17, 15) is 4.57 Å². The van der Waals surface area contributed by atoms with Crippen molar-refractivity contribution in [1.29, 1.82) is 0 Å². The van der Waals surface area contributed by atoms with Crippen LogP contribution in [0.25, 0.3) is 0 Å². The van der Waals surface area contributed by atoms with Crippen molar-refractivity contribution < 1.29 is 18.9 Å². The fourth-order valence-electron chi connectivity index (χ4n) is 1.21. The molecule has 4 nitrogen and oxygen atoms in total. The summed E-state index contributed by atoms with van der Waals surface area (Å²) in [7, 11) is -4.30. The molecule has 0 saturated carbocycles. The van der Waals surface area contributed by atoms with Crippen molar-refractivity contribution in [2.45, 2.75) is 46.0 Å². The molecule has 90 valence electrons. The molecule has 5 heteroatoms. The largest absolute Gasteiger partial charge is 0.469 e. The van der Waals surface area contributed by atoms with Crippen molar-refractivity contribution >= 4 is 7.82 Å². The highest BCUT2D eigenvalue weighted by molar-refractivity contribution is 7.46. The Morgan fingerprint density at radius 3 is 2.53 bits per heavy atom. The van der Waals surface area contributed by atoms with E-state index in [-0.39, 0.29) is 6.61 Å². The molecular weight excluding hydrogens is 215 g/mol. The van der Waals surface area contributed by atoms with Crippen LogP contribution in [0.1, 0.15) is 46.0 Å². The normalized spacial score (nSPS) is 13.2. The van der Waals surface area contributed by atoms with Gasteiger partial charge < -0.3 is 9.79 Å². The third-order valence-electron chi connectivity index (χ3n) is 2.10. The molecule has 0 rings (SSSR count). The summed E-state index contributed by atoms with van der Waals surface area (Å²) in [5, 5.41) is 0. The molecule has 0 aliphatic carbocycles. The Morgan fingerprint density at radius 2 is 2.00 bits per heavy atom. The van der Waals surface area contributed by atoms with Crippen molar-refractivity contribution in [3.05, 3.63) is 11.6 Å². The van der Waals surface area contributed by atoms with Gasteiger partial charge in [-0.2, -0.15) is 0 Å². The van der Waals surface area contributed by atoms with Crippen LogP contribution in [0.2, 0.25) is 0 Å². The summed E-state index contributed by atoms with van der Waals surface area (Å²) in [5.74, 6) is 0. The maximum absolute atomic E-state index is 10.4. The van der Waals surface area contributed by atoms with Gasteiger partial charge in [-0.3, -0.25) is 4.52 Å². The summed E-state index contributed by atoms with van der Waals surface area (Å²) < 4.78 is 14.7. The first-order valence-electron chi connectivity index (χ1n) is 5.31. The van der Waals surface area contributed by atoms with Gasteiger partial charge >= 0.3 is 7.82 Å². The van der Waals surface area contributed by atoms with Crippen molar-refractivity contribution in [3.63, 3.8) is 0 Å². The quantitative estimate of drug-likeness (QED) is 0.386. The summed E-state index contributed by atoms with van der Waals surface area (Å²) in [4.78, 5) is 16.9. The minimum absolute atomic E-state index is 0.0100. The Balaban J connectivity index is 3.57. The minimum Gasteiger partial charge on any atom is -0.303 e. The Labute approximate surface area is 91.6 Å². The van der Waals surface area contributed by atoms with E-state index in [0.717, 1.165) is 18.4 Å². The van der Waals surface area contributed by atoms with Crippen LogP contribution < -0.4 is 0 Å². The average Bonchev–Trinajstić information content (AvgIpc) is 2.10. The SMILES string of the molecule is CCCCCCC(C)=CCOP(=O)(O)O. The number of rotatable bonds is 8. The number of phosphoric acid groups is 1. The van der Waals surface area contributed by atoms with E-state index >= 15 is 0 Å². The van der Waals surface area contributed by atoms with E-state index in [1.807, 2.05) is 6.92 Å². The number of hydrogen-bond acceptors (Lipinski definition) is 2. The highest BCUT2D eigenvalue weighted by atomic mass is 31.2. The molecule has 0 aromatic rings. The molecule has 0 saturated heterocycles. The third kappa shape index (κ3) is 11.8. The fraction of sp³-hybridized carbons (Fsp3) is 0.800. The van der Waals surface area contributed by atoms with Crippen LogP contribution in [0.4, 0.5) is 0 Å². The second-order valence-corrected chi connectivity index (χ2v) is 4.89. The van der Waals surface area contributed by atoms with Crippen LogP contribution in [0, 0.1) is 0 Å². The highest BCUT2D eigenvalue weighted by Gasteiger charge is 2.11. The molecule has 0 fully saturated rings. The lowest BCUT2D eigenvalue weighted by atomic mass is 10.1. The van der Waals surface area contributed by atoms with E-state index in [4.69, 9.17) is 9.79 Å². The molecule has 0 aromatic heterocycles. The van der Waals surface area contributed by atoms with Gasteiger partial charge in [-0.25, -0.2) is 4.57 Å². The second-order valence-electron chi connectivity index (χ2n) is 3.65. The van der Waals surface area contributed by atoms with Crippen LogP contribution in [0.15, 0.2) is 11.6 Å². The van der Waals surface area contributed by atoms with Gasteiger partial charge in [-0.05, 0) is 19.8 Å². The molecule has 0 amide bonds. The molecule has 0 radical (unpaired) electrons. The lowest BCUT2D eigenvalue weighted by Crippen LogP contribution is -1.90. The van der Waals surface area contributed by atoms with Gasteiger partial charge in [-0.15, -0.1) is 0 Å². The first-order valence-corrected chi connectivity index (χ1v) is 6.84. The van der Waals surface area contributed by atoms with Crippen LogP contribution >= 0.6 is 7.82 Å². The Kier molecular flexibility index (Phi) is 7.97. The average molecular weight is 236 g/mol. The summed E-state index contributed by atoms with van der Waals surface area (Å²) in [6.07, 6.45) is 7.50. The molecule has 0 unspecified atom stereocenters. The first kappa shape index (κ1) is 14.8. The molecule has 0 aliphatic rings. The van der Waals surface area contributed by atoms with Gasteiger partial charge in [0.05, 0.1) is 6.61 Å².